The molecule has 5 aromatic carbocycles. The van der Waals surface area contributed by atoms with E-state index in [4.69, 9.17) is 14.5 Å². The average molecular weight is 749 g/mol. The molecule has 1 saturated heterocycles. The summed E-state index contributed by atoms with van der Waals surface area (Å²) in [5.41, 5.74) is 3.95. The fourth-order valence-corrected chi connectivity index (χ4v) is 8.01. The summed E-state index contributed by atoms with van der Waals surface area (Å²) in [4.78, 5) is 17.3. The lowest BCUT2D eigenvalue weighted by Crippen LogP contribution is -2.31. The zero-order valence-corrected chi connectivity index (χ0v) is 28.8. The van der Waals surface area contributed by atoms with Crippen LogP contribution in [-0.2, 0) is 22.6 Å². The van der Waals surface area contributed by atoms with Crippen LogP contribution in [0.1, 0.15) is 51.4 Å². The van der Waals surface area contributed by atoms with E-state index in [-0.39, 0.29) is 25.4 Å². The van der Waals surface area contributed by atoms with Gasteiger partial charge in [0.15, 0.2) is 33.9 Å². The Bertz CT molecular complexity index is 2190. The molecule has 1 amide bonds. The van der Waals surface area contributed by atoms with E-state index < -0.39 is 46.8 Å². The number of halogens is 5. The summed E-state index contributed by atoms with van der Waals surface area (Å²) in [7, 11) is 0. The fraction of sp³-hybridized carbons (Fsp3) is 0.179. The van der Waals surface area contributed by atoms with Crippen LogP contribution in [0, 0.1) is 29.1 Å². The van der Waals surface area contributed by atoms with E-state index in [1.807, 2.05) is 78.9 Å². The van der Waals surface area contributed by atoms with Crippen LogP contribution in [-0.4, -0.2) is 27.9 Å². The quantitative estimate of drug-likeness (QED) is 0.0629. The van der Waals surface area contributed by atoms with Crippen molar-refractivity contribution in [2.24, 2.45) is 0 Å². The third kappa shape index (κ3) is 7.59. The first-order valence-electron chi connectivity index (χ1n) is 16.2. The standard InChI is InChI=1S/C39H29F5N2O4S2/c40-32-31(33(41)35(43)36(44)34(32)42)37(48)45-18-22-5-3-6-24(15-22)25-7-4-8-26(16-25)38-49-27(17-29(50-38)23-13-11-21(19-47)12-14-23)20-51-39-46-28-9-1-2-10-30(28)52-39/h1-16,27,29,38,47H,17-20H2,(H,45,48)/t27-,29+,38+/m1/s1. The van der Waals surface area contributed by atoms with Gasteiger partial charge in [-0.25, -0.2) is 26.9 Å². The summed E-state index contributed by atoms with van der Waals surface area (Å²) >= 11 is 3.26. The van der Waals surface area contributed by atoms with Crippen molar-refractivity contribution in [3.63, 3.8) is 0 Å². The SMILES string of the molecule is O=C(NCc1cccc(-c2cccc([C@H]3O[C@@H](CSc4nc5ccccc5s4)C[C@@H](c4ccc(CO)cc4)O3)c2)c1)c1c(F)c(F)c(F)c(F)c1F. The van der Waals surface area contributed by atoms with Gasteiger partial charge in [0.25, 0.3) is 5.91 Å². The smallest absolute Gasteiger partial charge is 0.257 e. The van der Waals surface area contributed by atoms with Gasteiger partial charge in [0.1, 0.15) is 5.56 Å². The predicted octanol–water partition coefficient (Wildman–Crippen LogP) is 9.42. The number of nitrogens with one attached hydrogen (secondary N) is 1. The molecule has 2 heterocycles. The maximum Gasteiger partial charge on any atom is 0.257 e. The Balaban J connectivity index is 1.09. The van der Waals surface area contributed by atoms with Crippen molar-refractivity contribution >= 4 is 39.2 Å². The third-order valence-electron chi connectivity index (χ3n) is 8.59. The van der Waals surface area contributed by atoms with Crippen LogP contribution in [0.3, 0.4) is 0 Å². The van der Waals surface area contributed by atoms with E-state index in [1.54, 1.807) is 41.3 Å². The second kappa shape index (κ2) is 15.5. The van der Waals surface area contributed by atoms with Gasteiger partial charge in [-0.1, -0.05) is 84.6 Å². The Kier molecular flexibility index (Phi) is 10.7. The van der Waals surface area contributed by atoms with Gasteiger partial charge in [-0.3, -0.25) is 4.79 Å². The largest absolute Gasteiger partial charge is 0.392 e. The van der Waals surface area contributed by atoms with Crippen molar-refractivity contribution in [3.05, 3.63) is 154 Å². The Morgan fingerprint density at radius 3 is 2.21 bits per heavy atom. The maximum atomic E-state index is 14.2. The second-order valence-electron chi connectivity index (χ2n) is 12.1. The van der Waals surface area contributed by atoms with Crippen LogP contribution in [0.2, 0.25) is 0 Å². The van der Waals surface area contributed by atoms with Gasteiger partial charge in [-0.05, 0) is 52.1 Å². The molecule has 0 saturated carbocycles. The number of para-hydroxylation sites is 1. The molecule has 1 aromatic heterocycles. The normalized spacial score (nSPS) is 17.4. The van der Waals surface area contributed by atoms with E-state index in [9.17, 15) is 31.9 Å². The zero-order chi connectivity index (χ0) is 36.4. The fourth-order valence-electron chi connectivity index (χ4n) is 5.90. The summed E-state index contributed by atoms with van der Waals surface area (Å²) in [6.45, 7) is -0.309. The minimum absolute atomic E-state index is 0.0648. The van der Waals surface area contributed by atoms with Crippen LogP contribution in [0.5, 0.6) is 0 Å². The van der Waals surface area contributed by atoms with Crippen LogP contribution >= 0.6 is 23.1 Å². The van der Waals surface area contributed by atoms with Crippen LogP contribution in [0.4, 0.5) is 22.0 Å². The number of thiazole rings is 1. The topological polar surface area (TPSA) is 80.7 Å². The number of aliphatic hydroxyl groups excluding tert-OH is 1. The highest BCUT2D eigenvalue weighted by Gasteiger charge is 2.33. The van der Waals surface area contributed by atoms with Crippen molar-refractivity contribution in [3.8, 4) is 11.1 Å². The number of rotatable bonds is 10. The number of carbonyl (C=O) groups excluding carboxylic acids is 1. The first-order chi connectivity index (χ1) is 25.2. The van der Waals surface area contributed by atoms with Crippen molar-refractivity contribution < 1.29 is 41.3 Å². The molecular weight excluding hydrogens is 720 g/mol. The van der Waals surface area contributed by atoms with Crippen LogP contribution in [0.25, 0.3) is 21.3 Å². The number of aromatic nitrogens is 1. The molecule has 1 aliphatic heterocycles. The number of amides is 1. The lowest BCUT2D eigenvalue weighted by molar-refractivity contribution is -0.245. The molecule has 6 nitrogen and oxygen atoms in total. The van der Waals surface area contributed by atoms with Crippen LogP contribution < -0.4 is 5.32 Å². The van der Waals surface area contributed by atoms with Crippen molar-refractivity contribution in [1.82, 2.24) is 10.3 Å². The summed E-state index contributed by atoms with van der Waals surface area (Å²) in [5.74, 6) is -11.9. The van der Waals surface area contributed by atoms with Crippen molar-refractivity contribution in [2.75, 3.05) is 5.75 Å². The molecule has 6 aromatic rings. The van der Waals surface area contributed by atoms with E-state index in [0.717, 1.165) is 42.4 Å². The average Bonchev–Trinajstić information content (AvgIpc) is 3.61. The number of carbonyl (C=O) groups is 1. The van der Waals surface area contributed by atoms with E-state index >= 15 is 0 Å². The molecule has 0 spiro atoms. The number of fused-ring (bicyclic) bond motifs is 1. The van der Waals surface area contributed by atoms with Crippen LogP contribution in [0.15, 0.2) is 101 Å². The maximum absolute atomic E-state index is 14.2. The minimum atomic E-state index is -2.34. The zero-order valence-electron chi connectivity index (χ0n) is 27.1. The van der Waals surface area contributed by atoms with Gasteiger partial charge in [0.05, 0.1) is 29.0 Å². The molecule has 0 unspecified atom stereocenters. The number of nitrogens with zero attached hydrogens (tertiary/aromatic N) is 1. The lowest BCUT2D eigenvalue weighted by atomic mass is 9.99. The molecule has 7 rings (SSSR count). The first-order valence-corrected chi connectivity index (χ1v) is 18.0. The number of hydrogen-bond donors (Lipinski definition) is 2. The predicted molar refractivity (Wildman–Crippen MR) is 188 cm³/mol. The molecule has 1 fully saturated rings. The van der Waals surface area contributed by atoms with Gasteiger partial charge in [0.2, 0.25) is 5.82 Å². The van der Waals surface area contributed by atoms with Gasteiger partial charge in [-0.15, -0.1) is 11.3 Å². The summed E-state index contributed by atoms with van der Waals surface area (Å²) < 4.78 is 84.3. The highest BCUT2D eigenvalue weighted by atomic mass is 32.2. The minimum Gasteiger partial charge on any atom is -0.392 e. The van der Waals surface area contributed by atoms with Crippen molar-refractivity contribution in [2.45, 2.75) is 42.4 Å². The molecule has 0 radical (unpaired) electrons. The van der Waals surface area contributed by atoms with Gasteiger partial charge >= 0.3 is 0 Å². The molecule has 0 bridgehead atoms. The molecule has 1 aliphatic rings. The lowest BCUT2D eigenvalue weighted by Gasteiger charge is -2.36. The number of benzene rings is 5. The Morgan fingerprint density at radius 1 is 0.788 bits per heavy atom. The summed E-state index contributed by atoms with van der Waals surface area (Å²) in [5, 5.41) is 11.8. The van der Waals surface area contributed by atoms with Gasteiger partial charge in [-0.2, -0.15) is 0 Å². The number of aliphatic hydroxyl groups is 1. The third-order valence-corrected chi connectivity index (χ3v) is 10.9. The van der Waals surface area contributed by atoms with E-state index in [1.165, 1.54) is 0 Å². The van der Waals surface area contributed by atoms with Crippen molar-refractivity contribution in [1.29, 1.82) is 0 Å². The Hall–Kier alpha value is -4.66. The molecular formula is C39H29F5N2O4S2. The highest BCUT2D eigenvalue weighted by molar-refractivity contribution is 8.01. The highest BCUT2D eigenvalue weighted by Crippen LogP contribution is 2.41. The number of thioether (sulfide) groups is 1. The second-order valence-corrected chi connectivity index (χ2v) is 14.4. The molecule has 52 heavy (non-hydrogen) atoms. The summed E-state index contributed by atoms with van der Waals surface area (Å²) in [6, 6.07) is 30.1. The molecule has 13 heteroatoms. The van der Waals surface area contributed by atoms with Gasteiger partial charge in [0, 0.05) is 24.3 Å². The Morgan fingerprint density at radius 2 is 1.48 bits per heavy atom. The monoisotopic (exact) mass is 748 g/mol. The molecule has 3 atom stereocenters. The molecule has 2 N–H and O–H groups in total. The van der Waals surface area contributed by atoms with Gasteiger partial charge < -0.3 is 19.9 Å². The number of ether oxygens (including phenoxy) is 2. The van der Waals surface area contributed by atoms with E-state index in [0.29, 0.717) is 17.7 Å². The first kappa shape index (κ1) is 35.7. The van der Waals surface area contributed by atoms with E-state index in [2.05, 4.69) is 5.32 Å². The Labute approximate surface area is 303 Å². The number of hydrogen-bond acceptors (Lipinski definition) is 7. The molecule has 0 aliphatic carbocycles. The molecule has 266 valence electrons. The summed E-state index contributed by atoms with van der Waals surface area (Å²) in [6.07, 6.45) is -0.598.